The molecule has 33 heavy (non-hydrogen) atoms. The van der Waals surface area contributed by atoms with E-state index in [9.17, 15) is 4.79 Å². The number of ether oxygens (including phenoxy) is 2. The van der Waals surface area contributed by atoms with Crippen LogP contribution in [-0.2, 0) is 4.74 Å². The van der Waals surface area contributed by atoms with Crippen molar-refractivity contribution in [1.29, 1.82) is 0 Å². The fourth-order valence-electron chi connectivity index (χ4n) is 4.06. The number of hydrogen-bond donors (Lipinski definition) is 1. The fourth-order valence-corrected chi connectivity index (χ4v) is 4.29. The molecule has 2 heterocycles. The van der Waals surface area contributed by atoms with Crippen molar-refractivity contribution in [2.45, 2.75) is 58.7 Å². The molecule has 1 saturated carbocycles. The van der Waals surface area contributed by atoms with Crippen LogP contribution < -0.4 is 10.1 Å². The van der Waals surface area contributed by atoms with Gasteiger partial charge in [0.2, 0.25) is 5.88 Å². The van der Waals surface area contributed by atoms with Gasteiger partial charge < -0.3 is 19.7 Å². The summed E-state index contributed by atoms with van der Waals surface area (Å²) in [5, 5.41) is 3.65. The van der Waals surface area contributed by atoms with Crippen LogP contribution in [0.5, 0.6) is 5.88 Å². The van der Waals surface area contributed by atoms with Crippen LogP contribution in [0.2, 0.25) is 5.02 Å². The minimum atomic E-state index is -0.512. The highest BCUT2D eigenvalue weighted by Crippen LogP contribution is 2.53. The molecule has 1 aromatic carbocycles. The van der Waals surface area contributed by atoms with Crippen LogP contribution in [0.3, 0.4) is 0 Å². The summed E-state index contributed by atoms with van der Waals surface area (Å²) in [6, 6.07) is 5.06. The molecule has 8 nitrogen and oxygen atoms in total. The van der Waals surface area contributed by atoms with Crippen molar-refractivity contribution in [3.63, 3.8) is 0 Å². The van der Waals surface area contributed by atoms with E-state index in [0.29, 0.717) is 41.2 Å². The number of carbonyl (C=O) groups is 1. The Bertz CT molecular complexity index is 1100. The number of hydrogen-bond acceptors (Lipinski definition) is 6. The summed E-state index contributed by atoms with van der Waals surface area (Å²) in [5.74, 6) is 1.11. The summed E-state index contributed by atoms with van der Waals surface area (Å²) in [5.41, 5.74) is 1.33. The van der Waals surface area contributed by atoms with Crippen molar-refractivity contribution in [2.75, 3.05) is 18.4 Å². The molecule has 9 heteroatoms. The van der Waals surface area contributed by atoms with Gasteiger partial charge in [0.15, 0.2) is 5.69 Å². The van der Waals surface area contributed by atoms with Crippen molar-refractivity contribution in [2.24, 2.45) is 5.41 Å². The lowest BCUT2D eigenvalue weighted by Gasteiger charge is -2.39. The van der Waals surface area contributed by atoms with E-state index in [4.69, 9.17) is 27.6 Å². The molecule has 174 valence electrons. The van der Waals surface area contributed by atoms with E-state index in [-0.39, 0.29) is 17.6 Å². The predicted octanol–water partition coefficient (Wildman–Crippen LogP) is 5.90. The zero-order valence-corrected chi connectivity index (χ0v) is 20.1. The molecule has 1 N–H and O–H groups in total. The lowest BCUT2D eigenvalue weighted by atomic mass is 9.91. The molecular formula is C24H28ClN5O3. The standard InChI is InChI=1S/C24H28ClN5O3/c1-15-20(29-18-7-6-16(26-5)12-17(18)25)27-14-28-21(15)32-19-8-11-30(13-24(19)9-10-24)22(31)33-23(2,3)4/h6-7,12,14,19H,8-11,13H2,1-4H3,(H,27,28,29). The molecule has 1 atom stereocenters. The Labute approximate surface area is 199 Å². The molecule has 2 fully saturated rings. The van der Waals surface area contributed by atoms with Gasteiger partial charge in [-0.2, -0.15) is 0 Å². The molecule has 1 spiro atoms. The maximum Gasteiger partial charge on any atom is 0.410 e. The molecule has 4 rings (SSSR count). The monoisotopic (exact) mass is 469 g/mol. The van der Waals surface area contributed by atoms with E-state index in [1.807, 2.05) is 27.7 Å². The van der Waals surface area contributed by atoms with Crippen LogP contribution in [0.15, 0.2) is 24.5 Å². The van der Waals surface area contributed by atoms with Crippen molar-refractivity contribution in [1.82, 2.24) is 14.9 Å². The van der Waals surface area contributed by atoms with E-state index >= 15 is 0 Å². The van der Waals surface area contributed by atoms with Crippen LogP contribution in [0, 0.1) is 18.9 Å². The van der Waals surface area contributed by atoms with Crippen LogP contribution in [0.4, 0.5) is 22.0 Å². The molecule has 1 unspecified atom stereocenters. The normalized spacial score (nSPS) is 19.0. The average Bonchev–Trinajstić information content (AvgIpc) is 3.52. The number of aromatic nitrogens is 2. The van der Waals surface area contributed by atoms with Gasteiger partial charge in [-0.3, -0.25) is 0 Å². The largest absolute Gasteiger partial charge is 0.473 e. The number of nitrogens with one attached hydrogen (secondary N) is 1. The second-order valence-electron chi connectivity index (χ2n) is 9.71. The van der Waals surface area contributed by atoms with E-state index in [0.717, 1.165) is 24.8 Å². The highest BCUT2D eigenvalue weighted by molar-refractivity contribution is 6.33. The fraction of sp³-hybridized carbons (Fsp3) is 0.500. The second kappa shape index (κ2) is 8.71. The van der Waals surface area contributed by atoms with E-state index in [2.05, 4.69) is 20.1 Å². The SMILES string of the molecule is [C-]#[N+]c1ccc(Nc2ncnc(OC3CCN(C(=O)OC(C)(C)C)CC34CC4)c2C)c(Cl)c1. The van der Waals surface area contributed by atoms with Gasteiger partial charge in [0, 0.05) is 24.9 Å². The summed E-state index contributed by atoms with van der Waals surface area (Å²) in [6.07, 6.45) is 3.90. The highest BCUT2D eigenvalue weighted by atomic mass is 35.5. The predicted molar refractivity (Wildman–Crippen MR) is 126 cm³/mol. The number of rotatable bonds is 4. The molecule has 1 saturated heterocycles. The van der Waals surface area contributed by atoms with Crippen molar-refractivity contribution in [3.8, 4) is 5.88 Å². The maximum absolute atomic E-state index is 12.5. The third-order valence-corrected chi connectivity index (χ3v) is 6.33. The van der Waals surface area contributed by atoms with Gasteiger partial charge in [0.1, 0.15) is 23.9 Å². The van der Waals surface area contributed by atoms with Crippen LogP contribution >= 0.6 is 11.6 Å². The molecule has 2 aliphatic rings. The van der Waals surface area contributed by atoms with E-state index in [1.54, 1.807) is 23.1 Å². The molecule has 1 aliphatic carbocycles. The first-order chi connectivity index (χ1) is 15.6. The van der Waals surface area contributed by atoms with Gasteiger partial charge in [0.25, 0.3) is 0 Å². The third-order valence-electron chi connectivity index (χ3n) is 6.02. The number of piperidine rings is 1. The van der Waals surface area contributed by atoms with Gasteiger partial charge in [-0.1, -0.05) is 17.7 Å². The number of nitrogens with zero attached hydrogens (tertiary/aromatic N) is 4. The molecule has 1 aliphatic heterocycles. The van der Waals surface area contributed by atoms with Gasteiger partial charge in [0.05, 0.1) is 22.8 Å². The maximum atomic E-state index is 12.5. The third kappa shape index (κ3) is 5.14. The van der Waals surface area contributed by atoms with E-state index < -0.39 is 5.60 Å². The highest BCUT2D eigenvalue weighted by Gasteiger charge is 2.55. The van der Waals surface area contributed by atoms with Gasteiger partial charge in [-0.05, 0) is 52.7 Å². The Balaban J connectivity index is 1.46. The smallest absolute Gasteiger partial charge is 0.410 e. The zero-order chi connectivity index (χ0) is 23.8. The summed E-state index contributed by atoms with van der Waals surface area (Å²) in [4.78, 5) is 26.4. The van der Waals surface area contributed by atoms with Crippen molar-refractivity contribution >= 4 is 34.9 Å². The number of amides is 1. The topological polar surface area (TPSA) is 80.9 Å². The summed E-state index contributed by atoms with van der Waals surface area (Å²) in [7, 11) is 0. The van der Waals surface area contributed by atoms with Gasteiger partial charge in [-0.25, -0.2) is 19.6 Å². The first-order valence-electron chi connectivity index (χ1n) is 11.0. The van der Waals surface area contributed by atoms with E-state index in [1.165, 1.54) is 6.33 Å². The Kier molecular flexibility index (Phi) is 6.10. The van der Waals surface area contributed by atoms with Gasteiger partial charge >= 0.3 is 6.09 Å². The second-order valence-corrected chi connectivity index (χ2v) is 10.1. The van der Waals surface area contributed by atoms with Crippen LogP contribution in [-0.4, -0.2) is 45.8 Å². The van der Waals surface area contributed by atoms with Crippen LogP contribution in [0.25, 0.3) is 4.85 Å². The Hall–Kier alpha value is -3.05. The van der Waals surface area contributed by atoms with Crippen molar-refractivity contribution < 1.29 is 14.3 Å². The Morgan fingerprint density at radius 3 is 2.73 bits per heavy atom. The Morgan fingerprint density at radius 2 is 2.09 bits per heavy atom. The average molecular weight is 470 g/mol. The first-order valence-corrected chi connectivity index (χ1v) is 11.4. The number of halogens is 1. The minimum absolute atomic E-state index is 0.0285. The van der Waals surface area contributed by atoms with Crippen molar-refractivity contribution in [3.05, 3.63) is 46.5 Å². The summed E-state index contributed by atoms with van der Waals surface area (Å²) >= 11 is 6.31. The molecular weight excluding hydrogens is 442 g/mol. The zero-order valence-electron chi connectivity index (χ0n) is 19.3. The van der Waals surface area contributed by atoms with Gasteiger partial charge in [-0.15, -0.1) is 0 Å². The van der Waals surface area contributed by atoms with Crippen LogP contribution in [0.1, 0.15) is 45.6 Å². The lowest BCUT2D eigenvalue weighted by molar-refractivity contribution is -0.00969. The number of carbonyl (C=O) groups excluding carboxylic acids is 1. The quantitative estimate of drug-likeness (QED) is 0.561. The summed E-state index contributed by atoms with van der Waals surface area (Å²) < 4.78 is 12.0. The molecule has 1 amide bonds. The number of benzene rings is 1. The molecule has 0 bridgehead atoms. The number of anilines is 2. The molecule has 1 aromatic heterocycles. The molecule has 0 radical (unpaired) electrons. The number of likely N-dealkylation sites (tertiary alicyclic amines) is 1. The Morgan fingerprint density at radius 1 is 1.33 bits per heavy atom. The molecule has 2 aromatic rings. The lowest BCUT2D eigenvalue weighted by Crippen LogP contribution is -2.50. The minimum Gasteiger partial charge on any atom is -0.473 e. The first kappa shape index (κ1) is 23.1. The summed E-state index contributed by atoms with van der Waals surface area (Å²) in [6.45, 7) is 15.9.